The van der Waals surface area contributed by atoms with E-state index in [0.29, 0.717) is 68.7 Å². The summed E-state index contributed by atoms with van der Waals surface area (Å²) >= 11 is 1.03. The molecule has 3 atom stereocenters. The minimum atomic E-state index is -4.58. The lowest BCUT2D eigenvalue weighted by atomic mass is 9.98. The van der Waals surface area contributed by atoms with Crippen LogP contribution in [0.4, 0.5) is 18.9 Å². The van der Waals surface area contributed by atoms with E-state index in [-0.39, 0.29) is 28.5 Å². The second-order valence-corrected chi connectivity index (χ2v) is 12.1. The van der Waals surface area contributed by atoms with Gasteiger partial charge in [0.05, 0.1) is 17.2 Å². The topological polar surface area (TPSA) is 89.9 Å². The van der Waals surface area contributed by atoms with Crippen molar-refractivity contribution in [2.45, 2.75) is 60.4 Å². The Bertz CT molecular complexity index is 1300. The molecule has 2 aromatic carbocycles. The number of rotatable bonds is 10. The molecule has 0 bridgehead atoms. The molecule has 1 saturated carbocycles. The van der Waals surface area contributed by atoms with E-state index in [1.807, 2.05) is 17.0 Å². The molecule has 2 aliphatic heterocycles. The summed E-state index contributed by atoms with van der Waals surface area (Å²) in [7, 11) is 0. The van der Waals surface area contributed by atoms with Crippen LogP contribution >= 0.6 is 11.8 Å². The summed E-state index contributed by atoms with van der Waals surface area (Å²) in [5, 5.41) is 12.3. The third kappa shape index (κ3) is 6.99. The van der Waals surface area contributed by atoms with E-state index in [2.05, 4.69) is 5.32 Å². The quantitative estimate of drug-likeness (QED) is 0.362. The van der Waals surface area contributed by atoms with Gasteiger partial charge in [0, 0.05) is 54.9 Å². The van der Waals surface area contributed by atoms with Crippen molar-refractivity contribution in [2.75, 3.05) is 37.6 Å². The highest BCUT2D eigenvalue weighted by Crippen LogP contribution is 2.50. The lowest BCUT2D eigenvalue weighted by molar-refractivity contribution is -0.142. The Balaban J connectivity index is 1.25. The molecule has 0 unspecified atom stereocenters. The van der Waals surface area contributed by atoms with E-state index in [1.165, 1.54) is 12.1 Å². The fourth-order valence-electron chi connectivity index (χ4n) is 5.82. The number of piperidine rings is 1. The van der Waals surface area contributed by atoms with E-state index in [4.69, 9.17) is 0 Å². The Hall–Kier alpha value is -3.21. The van der Waals surface area contributed by atoms with Crippen LogP contribution in [-0.4, -0.2) is 60.5 Å². The highest BCUT2D eigenvalue weighted by atomic mass is 32.2. The van der Waals surface area contributed by atoms with Crippen LogP contribution in [0.5, 0.6) is 0 Å². The Labute approximate surface area is 241 Å². The molecule has 0 spiro atoms. The lowest BCUT2D eigenvalue weighted by Crippen LogP contribution is -2.38. The molecule has 0 radical (unpaired) electrons. The third-order valence-corrected chi connectivity index (χ3v) is 9.28. The molecule has 11 heteroatoms. The van der Waals surface area contributed by atoms with Gasteiger partial charge in [-0.1, -0.05) is 30.0 Å². The molecule has 2 amide bonds. The van der Waals surface area contributed by atoms with Gasteiger partial charge in [-0.15, -0.1) is 0 Å². The molecule has 3 aliphatic rings. The van der Waals surface area contributed by atoms with Crippen LogP contribution < -0.4 is 10.2 Å². The number of carbonyl (C=O) groups is 3. The normalized spacial score (nSPS) is 22.6. The number of amides is 2. The number of para-hydroxylation sites is 1. The largest absolute Gasteiger partial charge is 0.481 e. The average Bonchev–Trinajstić information content (AvgIpc) is 3.65. The van der Waals surface area contributed by atoms with Crippen molar-refractivity contribution in [3.63, 3.8) is 0 Å². The predicted molar refractivity (Wildman–Crippen MR) is 149 cm³/mol. The second kappa shape index (κ2) is 12.3. The average molecular weight is 590 g/mol. The van der Waals surface area contributed by atoms with E-state index in [9.17, 15) is 32.7 Å². The molecule has 2 aromatic rings. The van der Waals surface area contributed by atoms with Crippen LogP contribution in [0.1, 0.15) is 55.6 Å². The van der Waals surface area contributed by atoms with Gasteiger partial charge in [0.25, 0.3) is 0 Å². The number of aliphatic carboxylic acids is 1. The van der Waals surface area contributed by atoms with E-state index < -0.39 is 23.6 Å². The van der Waals surface area contributed by atoms with Crippen LogP contribution in [-0.2, 0) is 20.6 Å². The van der Waals surface area contributed by atoms with E-state index in [0.717, 1.165) is 30.4 Å². The van der Waals surface area contributed by atoms with Crippen molar-refractivity contribution < 1.29 is 32.7 Å². The highest BCUT2D eigenvalue weighted by Gasteiger charge is 2.45. The third-order valence-electron chi connectivity index (χ3n) is 8.14. The fraction of sp³-hybridized carbons (Fsp3) is 0.500. The number of carbonyl (C=O) groups excluding carboxylic acids is 2. The summed E-state index contributed by atoms with van der Waals surface area (Å²) < 4.78 is 42.7. The van der Waals surface area contributed by atoms with Crippen LogP contribution in [0.3, 0.4) is 0 Å². The van der Waals surface area contributed by atoms with Gasteiger partial charge < -0.3 is 20.2 Å². The number of carboxylic acid groups (broad SMARTS) is 1. The van der Waals surface area contributed by atoms with Crippen LogP contribution in [0.2, 0.25) is 0 Å². The first-order valence-electron chi connectivity index (χ1n) is 14.1. The number of nitrogens with zero attached hydrogens (tertiary/aromatic N) is 2. The SMILES string of the molecule is O=C(O)[C@H]1CCCN(c2ccccc2Sc2ccc([C@@H]3C[C@H]3C(=O)NCCCN3CCCC3=O)cc2C(F)(F)F)C1. The minimum absolute atomic E-state index is 0.0682. The number of hydrogen-bond acceptors (Lipinski definition) is 5. The molecular formula is C30H34F3N3O4S. The van der Waals surface area contributed by atoms with Crippen molar-refractivity contribution in [1.82, 2.24) is 10.2 Å². The highest BCUT2D eigenvalue weighted by molar-refractivity contribution is 7.99. The van der Waals surface area contributed by atoms with Gasteiger partial charge in [-0.3, -0.25) is 14.4 Å². The molecule has 2 heterocycles. The maximum absolute atomic E-state index is 14.2. The molecule has 2 saturated heterocycles. The summed E-state index contributed by atoms with van der Waals surface area (Å²) in [6.45, 7) is 2.75. The summed E-state index contributed by atoms with van der Waals surface area (Å²) in [6, 6.07) is 11.5. The first kappa shape index (κ1) is 29.3. The maximum atomic E-state index is 14.2. The lowest BCUT2D eigenvalue weighted by Gasteiger charge is -2.33. The number of benzene rings is 2. The number of halogens is 3. The smallest absolute Gasteiger partial charge is 0.417 e. The number of alkyl halides is 3. The first-order chi connectivity index (χ1) is 19.6. The molecule has 5 rings (SSSR count). The molecule has 0 aromatic heterocycles. The number of nitrogens with one attached hydrogen (secondary N) is 1. The Morgan fingerprint density at radius 3 is 2.61 bits per heavy atom. The molecule has 41 heavy (non-hydrogen) atoms. The van der Waals surface area contributed by atoms with Crippen LogP contribution in [0, 0.1) is 11.8 Å². The molecule has 2 N–H and O–H groups in total. The standard InChI is InChI=1S/C30H34F3N3O4S/c31-30(32,33)23-16-19(21-17-22(21)28(38)34-12-5-15-35-13-4-9-27(35)37)10-11-25(23)41-26-8-2-1-7-24(26)36-14-3-6-20(18-36)29(39)40/h1-2,7-8,10-11,16,20-22H,3-6,9,12-15,17-18H2,(H,34,38)(H,39,40)/t20-,21-,22+/m0/s1. The van der Waals surface area contributed by atoms with Gasteiger partial charge >= 0.3 is 12.1 Å². The maximum Gasteiger partial charge on any atom is 0.417 e. The van der Waals surface area contributed by atoms with Crippen molar-refractivity contribution in [1.29, 1.82) is 0 Å². The molecule has 3 fully saturated rings. The summed E-state index contributed by atoms with van der Waals surface area (Å²) in [5.74, 6) is -2.01. The Kier molecular flexibility index (Phi) is 8.82. The zero-order chi connectivity index (χ0) is 29.1. The molecule has 7 nitrogen and oxygen atoms in total. The van der Waals surface area contributed by atoms with E-state index >= 15 is 0 Å². The van der Waals surface area contributed by atoms with Crippen molar-refractivity contribution >= 4 is 35.2 Å². The summed E-state index contributed by atoms with van der Waals surface area (Å²) in [5.41, 5.74) is 0.491. The number of anilines is 1. The first-order valence-corrected chi connectivity index (χ1v) is 14.9. The second-order valence-electron chi connectivity index (χ2n) is 11.0. The summed E-state index contributed by atoms with van der Waals surface area (Å²) in [6.07, 6.45) is -0.701. The van der Waals surface area contributed by atoms with Crippen molar-refractivity contribution in [2.24, 2.45) is 11.8 Å². The van der Waals surface area contributed by atoms with Crippen molar-refractivity contribution in [3.8, 4) is 0 Å². The van der Waals surface area contributed by atoms with Crippen molar-refractivity contribution in [3.05, 3.63) is 53.6 Å². The van der Waals surface area contributed by atoms with E-state index in [1.54, 1.807) is 23.1 Å². The van der Waals surface area contributed by atoms with Crippen LogP contribution in [0.15, 0.2) is 52.3 Å². The Morgan fingerprint density at radius 1 is 1.07 bits per heavy atom. The zero-order valence-electron chi connectivity index (χ0n) is 22.7. The van der Waals surface area contributed by atoms with Gasteiger partial charge in [0.1, 0.15) is 0 Å². The monoisotopic (exact) mass is 589 g/mol. The van der Waals surface area contributed by atoms with Gasteiger partial charge in [-0.25, -0.2) is 0 Å². The van der Waals surface area contributed by atoms with Gasteiger partial charge in [-0.2, -0.15) is 13.2 Å². The predicted octanol–water partition coefficient (Wildman–Crippen LogP) is 5.39. The molecule has 1 aliphatic carbocycles. The van der Waals surface area contributed by atoms with Gasteiger partial charge in [-0.05, 0) is 67.9 Å². The molecular weight excluding hydrogens is 555 g/mol. The number of carboxylic acids is 1. The molecule has 220 valence electrons. The Morgan fingerprint density at radius 2 is 1.88 bits per heavy atom. The number of likely N-dealkylation sites (tertiary alicyclic amines) is 1. The summed E-state index contributed by atoms with van der Waals surface area (Å²) in [4.78, 5) is 40.3. The minimum Gasteiger partial charge on any atom is -0.481 e. The number of hydrogen-bond donors (Lipinski definition) is 2. The zero-order valence-corrected chi connectivity index (χ0v) is 23.5. The van der Waals surface area contributed by atoms with Gasteiger partial charge in [0.15, 0.2) is 0 Å². The fourth-order valence-corrected chi connectivity index (χ4v) is 6.92. The van der Waals surface area contributed by atoms with Gasteiger partial charge in [0.2, 0.25) is 11.8 Å². The van der Waals surface area contributed by atoms with Crippen LogP contribution in [0.25, 0.3) is 0 Å².